The van der Waals surface area contributed by atoms with Crippen LogP contribution in [0.5, 0.6) is 0 Å². The maximum atomic E-state index is 15.2. The minimum atomic E-state index is -3.68. The fraction of sp³-hybridized carbons (Fsp3) is 0.200. The SMILES string of the molecule is CS(=O)(=O)Nc1ccccc1-c1ccc(N2CC[C@@H](CNC(=O)Nc3ccc(Cl)cc3F)C2=O)c(F)c1F. The number of carbonyl (C=O) groups excluding carboxylic acids is 2. The van der Waals surface area contributed by atoms with E-state index >= 15 is 8.78 Å². The molecule has 1 aliphatic rings. The first-order valence-electron chi connectivity index (χ1n) is 11.3. The quantitative estimate of drug-likeness (QED) is 0.375. The summed E-state index contributed by atoms with van der Waals surface area (Å²) in [6.07, 6.45) is 1.20. The third-order valence-electron chi connectivity index (χ3n) is 5.87. The van der Waals surface area contributed by atoms with E-state index in [0.29, 0.717) is 0 Å². The van der Waals surface area contributed by atoms with E-state index in [-0.39, 0.29) is 52.7 Å². The zero-order chi connectivity index (χ0) is 27.6. The molecule has 1 saturated heterocycles. The maximum absolute atomic E-state index is 15.2. The van der Waals surface area contributed by atoms with E-state index in [1.54, 1.807) is 12.1 Å². The van der Waals surface area contributed by atoms with Crippen molar-refractivity contribution in [3.05, 3.63) is 77.1 Å². The number of para-hydroxylation sites is 1. The second-order valence-electron chi connectivity index (χ2n) is 8.61. The largest absolute Gasteiger partial charge is 0.337 e. The van der Waals surface area contributed by atoms with Gasteiger partial charge in [0.25, 0.3) is 0 Å². The summed E-state index contributed by atoms with van der Waals surface area (Å²) in [6, 6.07) is 11.4. The molecule has 0 aliphatic carbocycles. The molecular formula is C25H22ClF3N4O4S. The van der Waals surface area contributed by atoms with Gasteiger partial charge in [-0.3, -0.25) is 9.52 Å². The molecule has 200 valence electrons. The molecule has 3 aromatic rings. The van der Waals surface area contributed by atoms with Crippen molar-refractivity contribution in [2.24, 2.45) is 5.92 Å². The highest BCUT2D eigenvalue weighted by Crippen LogP contribution is 2.36. The van der Waals surface area contributed by atoms with Gasteiger partial charge in [-0.05, 0) is 42.8 Å². The van der Waals surface area contributed by atoms with E-state index in [9.17, 15) is 22.4 Å². The first-order valence-corrected chi connectivity index (χ1v) is 13.6. The first kappa shape index (κ1) is 27.3. The van der Waals surface area contributed by atoms with Crippen LogP contribution in [0, 0.1) is 23.4 Å². The van der Waals surface area contributed by atoms with Crippen LogP contribution in [0.15, 0.2) is 54.6 Å². The molecule has 0 aromatic heterocycles. The molecule has 0 bridgehead atoms. The highest BCUT2D eigenvalue weighted by molar-refractivity contribution is 7.92. The van der Waals surface area contributed by atoms with Gasteiger partial charge in [-0.25, -0.2) is 26.4 Å². The second kappa shape index (κ2) is 10.9. The van der Waals surface area contributed by atoms with Gasteiger partial charge in [0.2, 0.25) is 15.9 Å². The standard InChI is InChI=1S/C25H22ClF3N4O4S/c1-38(36,37)32-19-5-3-2-4-16(19)17-7-9-21(23(29)22(17)28)33-11-10-14(24(33)34)13-30-25(35)31-20-8-6-15(26)12-18(20)27/h2-9,12,14,32H,10-11,13H2,1H3,(H2,30,31,35)/t14-/m0/s1. The number of hydrogen-bond donors (Lipinski definition) is 3. The number of sulfonamides is 1. The summed E-state index contributed by atoms with van der Waals surface area (Å²) < 4.78 is 69.8. The molecule has 0 unspecified atom stereocenters. The average Bonchev–Trinajstić information content (AvgIpc) is 3.21. The second-order valence-corrected chi connectivity index (χ2v) is 10.8. The number of urea groups is 1. The monoisotopic (exact) mass is 566 g/mol. The summed E-state index contributed by atoms with van der Waals surface area (Å²) in [4.78, 5) is 26.2. The predicted octanol–water partition coefficient (Wildman–Crippen LogP) is 4.97. The van der Waals surface area contributed by atoms with Crippen molar-refractivity contribution in [2.75, 3.05) is 34.3 Å². The Hall–Kier alpha value is -3.77. The van der Waals surface area contributed by atoms with E-state index in [0.717, 1.165) is 17.2 Å². The zero-order valence-electron chi connectivity index (χ0n) is 19.9. The van der Waals surface area contributed by atoms with E-state index < -0.39 is 45.3 Å². The molecule has 3 N–H and O–H groups in total. The van der Waals surface area contributed by atoms with Crippen LogP contribution in [0.2, 0.25) is 5.02 Å². The lowest BCUT2D eigenvalue weighted by molar-refractivity contribution is -0.120. The first-order chi connectivity index (χ1) is 17.9. The van der Waals surface area contributed by atoms with Crippen molar-refractivity contribution in [2.45, 2.75) is 6.42 Å². The molecule has 0 spiro atoms. The Balaban J connectivity index is 1.46. The number of amides is 3. The molecule has 3 amide bonds. The Morgan fingerprint density at radius 3 is 2.47 bits per heavy atom. The van der Waals surface area contributed by atoms with Crippen LogP contribution in [0.3, 0.4) is 0 Å². The molecule has 8 nitrogen and oxygen atoms in total. The number of hydrogen-bond acceptors (Lipinski definition) is 4. The normalized spacial score (nSPS) is 15.4. The Bertz CT molecular complexity index is 1520. The molecule has 0 saturated carbocycles. The van der Waals surface area contributed by atoms with Crippen molar-refractivity contribution in [3.63, 3.8) is 0 Å². The van der Waals surface area contributed by atoms with E-state index in [1.165, 1.54) is 36.4 Å². The van der Waals surface area contributed by atoms with Crippen LogP contribution >= 0.6 is 11.6 Å². The zero-order valence-corrected chi connectivity index (χ0v) is 21.5. The van der Waals surface area contributed by atoms with Crippen molar-refractivity contribution in [1.82, 2.24) is 5.32 Å². The third kappa shape index (κ3) is 6.03. The lowest BCUT2D eigenvalue weighted by atomic mass is 10.0. The topological polar surface area (TPSA) is 108 Å². The van der Waals surface area contributed by atoms with Crippen LogP contribution in [-0.4, -0.2) is 39.7 Å². The number of halogens is 4. The third-order valence-corrected chi connectivity index (χ3v) is 6.70. The van der Waals surface area contributed by atoms with Crippen molar-refractivity contribution in [3.8, 4) is 11.1 Å². The van der Waals surface area contributed by atoms with Crippen molar-refractivity contribution < 1.29 is 31.2 Å². The maximum Gasteiger partial charge on any atom is 0.319 e. The molecule has 38 heavy (non-hydrogen) atoms. The minimum absolute atomic E-state index is 0.0706. The molecular weight excluding hydrogens is 545 g/mol. The van der Waals surface area contributed by atoms with Gasteiger partial charge in [0, 0.05) is 29.2 Å². The van der Waals surface area contributed by atoms with Crippen LogP contribution in [-0.2, 0) is 14.8 Å². The summed E-state index contributed by atoms with van der Waals surface area (Å²) in [7, 11) is -3.68. The summed E-state index contributed by atoms with van der Waals surface area (Å²) >= 11 is 5.69. The summed E-state index contributed by atoms with van der Waals surface area (Å²) in [5.41, 5.74) is -0.369. The Morgan fingerprint density at radius 1 is 1.03 bits per heavy atom. The van der Waals surface area contributed by atoms with Gasteiger partial charge in [-0.15, -0.1) is 0 Å². The summed E-state index contributed by atoms with van der Waals surface area (Å²) in [5.74, 6) is -4.48. The van der Waals surface area contributed by atoms with Gasteiger partial charge in [-0.1, -0.05) is 29.8 Å². The highest BCUT2D eigenvalue weighted by atomic mass is 35.5. The Labute approximate surface area is 221 Å². The average molecular weight is 567 g/mol. The molecule has 1 atom stereocenters. The van der Waals surface area contributed by atoms with Gasteiger partial charge < -0.3 is 15.5 Å². The Kier molecular flexibility index (Phi) is 7.83. The number of nitrogens with one attached hydrogen (secondary N) is 3. The summed E-state index contributed by atoms with van der Waals surface area (Å²) in [6.45, 7) is -0.0242. The van der Waals surface area contributed by atoms with Crippen LogP contribution in [0.25, 0.3) is 11.1 Å². The smallest absolute Gasteiger partial charge is 0.319 e. The Morgan fingerprint density at radius 2 is 1.76 bits per heavy atom. The van der Waals surface area contributed by atoms with E-state index in [1.807, 2.05) is 0 Å². The molecule has 0 radical (unpaired) electrons. The van der Waals surface area contributed by atoms with Gasteiger partial charge in [0.05, 0.1) is 29.2 Å². The fourth-order valence-corrected chi connectivity index (χ4v) is 4.84. The van der Waals surface area contributed by atoms with Crippen molar-refractivity contribution >= 4 is 50.6 Å². The van der Waals surface area contributed by atoms with Gasteiger partial charge >= 0.3 is 6.03 Å². The lowest BCUT2D eigenvalue weighted by Gasteiger charge is -2.20. The predicted molar refractivity (Wildman–Crippen MR) is 139 cm³/mol. The van der Waals surface area contributed by atoms with Gasteiger partial charge in [-0.2, -0.15) is 0 Å². The van der Waals surface area contributed by atoms with E-state index in [4.69, 9.17) is 11.6 Å². The lowest BCUT2D eigenvalue weighted by Crippen LogP contribution is -2.37. The molecule has 13 heteroatoms. The van der Waals surface area contributed by atoms with Gasteiger partial charge in [0.15, 0.2) is 11.6 Å². The van der Waals surface area contributed by atoms with Crippen LogP contribution in [0.1, 0.15) is 6.42 Å². The molecule has 1 aliphatic heterocycles. The number of carbonyl (C=O) groups is 2. The number of benzene rings is 3. The number of anilines is 3. The highest BCUT2D eigenvalue weighted by Gasteiger charge is 2.35. The molecule has 1 heterocycles. The van der Waals surface area contributed by atoms with Gasteiger partial charge in [0.1, 0.15) is 5.82 Å². The fourth-order valence-electron chi connectivity index (χ4n) is 4.10. The summed E-state index contributed by atoms with van der Waals surface area (Å²) in [5, 5.41) is 4.96. The van der Waals surface area contributed by atoms with Crippen molar-refractivity contribution in [1.29, 1.82) is 0 Å². The number of rotatable bonds is 7. The van der Waals surface area contributed by atoms with Crippen LogP contribution < -0.4 is 20.3 Å². The molecule has 3 aromatic carbocycles. The van der Waals surface area contributed by atoms with E-state index in [2.05, 4.69) is 15.4 Å². The van der Waals surface area contributed by atoms with Crippen LogP contribution in [0.4, 0.5) is 35.0 Å². The molecule has 4 rings (SSSR count). The number of nitrogens with zero attached hydrogens (tertiary/aromatic N) is 1. The minimum Gasteiger partial charge on any atom is -0.337 e. The molecule has 1 fully saturated rings.